The molecule has 0 saturated carbocycles. The van der Waals surface area contributed by atoms with Crippen molar-refractivity contribution in [2.75, 3.05) is 0 Å². The minimum Gasteiger partial charge on any atom is -0.508 e. The number of hydrogen-bond acceptors (Lipinski definition) is 6. The van der Waals surface area contributed by atoms with E-state index in [-0.39, 0.29) is 39.5 Å². The first-order valence-electron chi connectivity index (χ1n) is 11.0. The van der Waals surface area contributed by atoms with Crippen LogP contribution in [0.15, 0.2) is 97.1 Å². The van der Waals surface area contributed by atoms with E-state index in [1.165, 1.54) is 24.3 Å². The molecule has 0 bridgehead atoms. The molecular weight excluding hydrogens is 476 g/mol. The molecule has 0 unspecified atom stereocenters. The lowest BCUT2D eigenvalue weighted by Gasteiger charge is -2.26. The maximum absolute atomic E-state index is 10.3. The number of carboxylic acids is 2. The Kier molecular flexibility index (Phi) is 9.66. The van der Waals surface area contributed by atoms with Crippen LogP contribution in [-0.4, -0.2) is 42.6 Å². The summed E-state index contributed by atoms with van der Waals surface area (Å²) in [7, 11) is 0. The average molecular weight is 505 g/mol. The zero-order chi connectivity index (χ0) is 27.6. The monoisotopic (exact) mass is 504 g/mol. The van der Waals surface area contributed by atoms with Crippen molar-refractivity contribution >= 4 is 11.9 Å². The van der Waals surface area contributed by atoms with Gasteiger partial charge in [-0.25, -0.2) is 9.59 Å². The Balaban J connectivity index is 0.000000208. The van der Waals surface area contributed by atoms with Crippen LogP contribution >= 0.6 is 0 Å². The Labute approximate surface area is 214 Å². The second kappa shape index (κ2) is 12.6. The normalized spacial score (nSPS) is 10.2. The van der Waals surface area contributed by atoms with Crippen molar-refractivity contribution < 1.29 is 40.2 Å². The molecule has 0 heterocycles. The summed E-state index contributed by atoms with van der Waals surface area (Å²) in [6, 6.07) is 26.1. The summed E-state index contributed by atoms with van der Waals surface area (Å²) >= 11 is 0. The molecule has 8 heteroatoms. The Morgan fingerprint density at radius 3 is 1.05 bits per heavy atom. The van der Waals surface area contributed by atoms with Gasteiger partial charge in [0.2, 0.25) is 0 Å². The molecule has 0 aromatic heterocycles. The first-order chi connectivity index (χ1) is 17.4. The summed E-state index contributed by atoms with van der Waals surface area (Å²) in [5.74, 6) is -2.08. The van der Waals surface area contributed by atoms with Crippen molar-refractivity contribution in [3.8, 4) is 23.0 Å². The number of para-hydroxylation sites is 2. The van der Waals surface area contributed by atoms with Crippen molar-refractivity contribution in [3.63, 3.8) is 0 Å². The molecule has 6 N–H and O–H groups in total. The highest BCUT2D eigenvalue weighted by Gasteiger charge is 2.22. The van der Waals surface area contributed by atoms with E-state index in [1.807, 2.05) is 24.3 Å². The highest BCUT2D eigenvalue weighted by molar-refractivity contribution is 5.91. The largest absolute Gasteiger partial charge is 0.508 e. The molecule has 0 radical (unpaired) electrons. The molecule has 192 valence electrons. The minimum atomic E-state index is -1.11. The van der Waals surface area contributed by atoms with Gasteiger partial charge in [0, 0.05) is 5.41 Å². The van der Waals surface area contributed by atoms with Crippen LogP contribution in [0.1, 0.15) is 45.7 Å². The van der Waals surface area contributed by atoms with E-state index in [1.54, 1.807) is 48.5 Å². The molecule has 37 heavy (non-hydrogen) atoms. The van der Waals surface area contributed by atoms with Gasteiger partial charge in [0.25, 0.3) is 0 Å². The van der Waals surface area contributed by atoms with Gasteiger partial charge in [-0.3, -0.25) is 0 Å². The summed E-state index contributed by atoms with van der Waals surface area (Å²) in [4.78, 5) is 20.5. The highest BCUT2D eigenvalue weighted by atomic mass is 16.4. The number of aromatic hydroxyl groups is 4. The molecule has 0 aliphatic carbocycles. The van der Waals surface area contributed by atoms with Gasteiger partial charge in [-0.2, -0.15) is 0 Å². The molecule has 8 nitrogen and oxygen atoms in total. The molecule has 4 aromatic carbocycles. The van der Waals surface area contributed by atoms with E-state index in [0.717, 1.165) is 11.1 Å². The number of aromatic carboxylic acids is 2. The lowest BCUT2D eigenvalue weighted by atomic mass is 9.78. The summed E-state index contributed by atoms with van der Waals surface area (Å²) in [6.07, 6.45) is 0. The molecule has 4 aromatic rings. The number of benzene rings is 4. The highest BCUT2D eigenvalue weighted by Crippen LogP contribution is 2.32. The lowest BCUT2D eigenvalue weighted by molar-refractivity contribution is 0.0682. The number of phenolic OH excluding ortho intramolecular Hbond substituents is 2. The fourth-order valence-electron chi connectivity index (χ4n) is 3.23. The molecule has 0 spiro atoms. The van der Waals surface area contributed by atoms with Crippen molar-refractivity contribution in [1.82, 2.24) is 0 Å². The van der Waals surface area contributed by atoms with Crippen LogP contribution in [0.5, 0.6) is 23.0 Å². The third-order valence-corrected chi connectivity index (χ3v) is 5.45. The van der Waals surface area contributed by atoms with Gasteiger partial charge >= 0.3 is 11.9 Å². The van der Waals surface area contributed by atoms with E-state index in [4.69, 9.17) is 20.4 Å². The summed E-state index contributed by atoms with van der Waals surface area (Å²) < 4.78 is 0. The topological polar surface area (TPSA) is 156 Å². The SMILES string of the molecule is CC(C)(c1ccc(O)cc1)c1ccc(O)cc1.O=C(O)c1ccccc1O.O=C(O)c1ccccc1O. The molecule has 0 amide bonds. The number of phenols is 4. The lowest BCUT2D eigenvalue weighted by Crippen LogP contribution is -2.18. The van der Waals surface area contributed by atoms with Crippen molar-refractivity contribution in [2.24, 2.45) is 0 Å². The fraction of sp³-hybridized carbons (Fsp3) is 0.103. The second-order valence-corrected chi connectivity index (χ2v) is 8.36. The maximum Gasteiger partial charge on any atom is 0.339 e. The Bertz CT molecular complexity index is 1220. The van der Waals surface area contributed by atoms with Gasteiger partial charge < -0.3 is 30.6 Å². The molecule has 0 atom stereocenters. The Morgan fingerprint density at radius 2 is 0.811 bits per heavy atom. The molecule has 0 aliphatic rings. The average Bonchev–Trinajstić information content (AvgIpc) is 2.86. The van der Waals surface area contributed by atoms with Crippen LogP contribution in [0.4, 0.5) is 0 Å². The first-order valence-corrected chi connectivity index (χ1v) is 11.0. The van der Waals surface area contributed by atoms with Crippen molar-refractivity contribution in [1.29, 1.82) is 0 Å². The molecule has 0 aliphatic heterocycles. The quantitative estimate of drug-likeness (QED) is 0.210. The number of carbonyl (C=O) groups is 2. The van der Waals surface area contributed by atoms with E-state index in [0.29, 0.717) is 0 Å². The predicted molar refractivity (Wildman–Crippen MR) is 138 cm³/mol. The van der Waals surface area contributed by atoms with Gasteiger partial charge in [-0.15, -0.1) is 0 Å². The van der Waals surface area contributed by atoms with Crippen LogP contribution in [0.2, 0.25) is 0 Å². The van der Waals surface area contributed by atoms with Gasteiger partial charge in [-0.1, -0.05) is 62.4 Å². The smallest absolute Gasteiger partial charge is 0.339 e. The molecule has 0 saturated heterocycles. The van der Waals surface area contributed by atoms with Gasteiger partial charge in [0.05, 0.1) is 0 Å². The standard InChI is InChI=1S/C15H16O2.2C7H6O3/c1-15(2,11-3-7-13(16)8-4-11)12-5-9-14(17)10-6-12;2*8-6-4-2-1-3-5(6)7(9)10/h3-10,16-17H,1-2H3;2*1-4,8H,(H,9,10). The third-order valence-electron chi connectivity index (χ3n) is 5.45. The predicted octanol–water partition coefficient (Wildman–Crippen LogP) is 5.60. The van der Waals surface area contributed by atoms with E-state index in [9.17, 15) is 19.8 Å². The number of rotatable bonds is 4. The molecule has 4 rings (SSSR count). The summed E-state index contributed by atoms with van der Waals surface area (Å²) in [5, 5.41) is 53.2. The zero-order valence-corrected chi connectivity index (χ0v) is 20.2. The van der Waals surface area contributed by atoms with Crippen molar-refractivity contribution in [2.45, 2.75) is 19.3 Å². The maximum atomic E-state index is 10.3. The van der Waals surface area contributed by atoms with Gasteiger partial charge in [-0.05, 0) is 59.7 Å². The van der Waals surface area contributed by atoms with E-state index < -0.39 is 11.9 Å². The zero-order valence-electron chi connectivity index (χ0n) is 20.2. The van der Waals surface area contributed by atoms with E-state index >= 15 is 0 Å². The van der Waals surface area contributed by atoms with Crippen LogP contribution in [0, 0.1) is 0 Å². The summed E-state index contributed by atoms with van der Waals surface area (Å²) in [6.45, 7) is 4.23. The minimum absolute atomic E-state index is 0.0671. The molecular formula is C29H28O8. The molecule has 0 fully saturated rings. The van der Waals surface area contributed by atoms with Crippen LogP contribution in [0.3, 0.4) is 0 Å². The number of carboxylic acid groups (broad SMARTS) is 2. The number of hydrogen-bond donors (Lipinski definition) is 6. The third kappa shape index (κ3) is 8.03. The Hall–Kier alpha value is -4.98. The summed E-state index contributed by atoms with van der Waals surface area (Å²) in [5.41, 5.74) is 1.97. The van der Waals surface area contributed by atoms with Crippen LogP contribution in [-0.2, 0) is 5.41 Å². The van der Waals surface area contributed by atoms with Crippen molar-refractivity contribution in [3.05, 3.63) is 119 Å². The Morgan fingerprint density at radius 1 is 0.514 bits per heavy atom. The fourth-order valence-corrected chi connectivity index (χ4v) is 3.23. The van der Waals surface area contributed by atoms with Gasteiger partial charge in [0.1, 0.15) is 34.1 Å². The first kappa shape index (κ1) is 28.3. The van der Waals surface area contributed by atoms with Crippen LogP contribution < -0.4 is 0 Å². The second-order valence-electron chi connectivity index (χ2n) is 8.36. The van der Waals surface area contributed by atoms with E-state index in [2.05, 4.69) is 13.8 Å². The van der Waals surface area contributed by atoms with Gasteiger partial charge in [0.15, 0.2) is 0 Å². The van der Waals surface area contributed by atoms with Crippen LogP contribution in [0.25, 0.3) is 0 Å².